The third-order valence-corrected chi connectivity index (χ3v) is 5.62. The zero-order chi connectivity index (χ0) is 29.5. The van der Waals surface area contributed by atoms with E-state index in [0.717, 1.165) is 0 Å². The lowest BCUT2D eigenvalue weighted by atomic mass is 10.0. The Labute approximate surface area is 224 Å². The topological polar surface area (TPSA) is 277 Å². The molecule has 0 aliphatic carbocycles. The average Bonchev–Trinajstić information content (AvgIpc) is 2.86. The highest BCUT2D eigenvalue weighted by Crippen LogP contribution is 2.12. The van der Waals surface area contributed by atoms with Gasteiger partial charge < -0.3 is 48.5 Å². The van der Waals surface area contributed by atoms with Gasteiger partial charge in [-0.3, -0.25) is 24.0 Å². The first-order valence-corrected chi connectivity index (χ1v) is 12.2. The van der Waals surface area contributed by atoms with Gasteiger partial charge in [-0.05, 0) is 43.5 Å². The maximum absolute atomic E-state index is 13.0. The van der Waals surface area contributed by atoms with Crippen molar-refractivity contribution in [3.8, 4) is 5.75 Å². The molecule has 0 heterocycles. The van der Waals surface area contributed by atoms with Crippen LogP contribution in [0.15, 0.2) is 24.3 Å². The van der Waals surface area contributed by atoms with Crippen molar-refractivity contribution in [3.63, 3.8) is 0 Å². The highest BCUT2D eigenvalue weighted by atomic mass is 16.4. The normalized spacial score (nSPS) is 13.8. The number of amides is 4. The number of carboxylic acids is 2. The molecule has 0 spiro atoms. The number of hydrogen-bond acceptors (Lipinski definition) is 9. The zero-order valence-electron chi connectivity index (χ0n) is 21.3. The quantitative estimate of drug-likeness (QED) is 0.0871. The Morgan fingerprint density at radius 1 is 0.795 bits per heavy atom. The van der Waals surface area contributed by atoms with Crippen LogP contribution in [0.1, 0.15) is 44.1 Å². The molecule has 1 aromatic rings. The molecule has 216 valence electrons. The van der Waals surface area contributed by atoms with Crippen LogP contribution in [0.4, 0.5) is 0 Å². The van der Waals surface area contributed by atoms with Crippen LogP contribution in [0.2, 0.25) is 0 Å². The molecule has 0 aromatic heterocycles. The van der Waals surface area contributed by atoms with Crippen LogP contribution in [0.25, 0.3) is 0 Å². The Balaban J connectivity index is 3.01. The van der Waals surface area contributed by atoms with E-state index in [-0.39, 0.29) is 31.4 Å². The predicted octanol–water partition coefficient (Wildman–Crippen LogP) is -2.33. The summed E-state index contributed by atoms with van der Waals surface area (Å²) in [7, 11) is 0. The summed E-state index contributed by atoms with van der Waals surface area (Å²) in [5, 5.41) is 35.0. The minimum Gasteiger partial charge on any atom is -0.508 e. The summed E-state index contributed by atoms with van der Waals surface area (Å²) in [5.74, 6) is -6.52. The Kier molecular flexibility index (Phi) is 13.9. The van der Waals surface area contributed by atoms with Crippen LogP contribution in [-0.2, 0) is 35.2 Å². The molecular formula is C24H36N6O9. The van der Waals surface area contributed by atoms with Gasteiger partial charge in [-0.25, -0.2) is 4.79 Å². The van der Waals surface area contributed by atoms with Crippen molar-refractivity contribution in [2.75, 3.05) is 6.54 Å². The van der Waals surface area contributed by atoms with Crippen LogP contribution < -0.4 is 33.2 Å². The standard InChI is InChI=1S/C24H36N6O9/c25-10-2-1-3-15(26)21(35)28-16(8-9-19(27)32)22(36)29-17(12-20(33)34)23(37)30-18(24(38)39)11-13-4-6-14(31)7-5-13/h4-7,15-18,31H,1-3,8-12,25-26H2,(H2,27,32)(H,28,35)(H,29,36)(H,30,37)(H,33,34)(H,38,39). The molecule has 15 nitrogen and oxygen atoms in total. The molecule has 0 bridgehead atoms. The highest BCUT2D eigenvalue weighted by Gasteiger charge is 2.31. The van der Waals surface area contributed by atoms with Crippen molar-refractivity contribution in [3.05, 3.63) is 29.8 Å². The maximum Gasteiger partial charge on any atom is 0.326 e. The van der Waals surface area contributed by atoms with E-state index < -0.39 is 66.2 Å². The Bertz CT molecular complexity index is 1020. The number of hydrogen-bond donors (Lipinski definition) is 9. The first-order chi connectivity index (χ1) is 18.3. The summed E-state index contributed by atoms with van der Waals surface area (Å²) >= 11 is 0. The van der Waals surface area contributed by atoms with Crippen LogP contribution in [0.5, 0.6) is 5.75 Å². The SMILES string of the molecule is NCCCCC(N)C(=O)NC(CCC(N)=O)C(=O)NC(CC(=O)O)C(=O)NC(Cc1ccc(O)cc1)C(=O)O. The van der Waals surface area contributed by atoms with Crippen molar-refractivity contribution in [2.24, 2.45) is 17.2 Å². The first kappa shape index (κ1) is 32.8. The van der Waals surface area contributed by atoms with E-state index in [0.29, 0.717) is 24.9 Å². The molecular weight excluding hydrogens is 516 g/mol. The number of phenols is 1. The van der Waals surface area contributed by atoms with E-state index >= 15 is 0 Å². The maximum atomic E-state index is 13.0. The summed E-state index contributed by atoms with van der Waals surface area (Å²) in [6.07, 6.45) is -0.226. The van der Waals surface area contributed by atoms with Crippen LogP contribution in [-0.4, -0.2) is 81.6 Å². The lowest BCUT2D eigenvalue weighted by Gasteiger charge is -2.24. The van der Waals surface area contributed by atoms with E-state index in [1.807, 2.05) is 0 Å². The molecule has 0 fully saturated rings. The molecule has 12 N–H and O–H groups in total. The van der Waals surface area contributed by atoms with Gasteiger partial charge in [0.05, 0.1) is 12.5 Å². The molecule has 39 heavy (non-hydrogen) atoms. The number of carbonyl (C=O) groups is 6. The molecule has 0 aliphatic heterocycles. The average molecular weight is 553 g/mol. The number of carbonyl (C=O) groups excluding carboxylic acids is 4. The van der Waals surface area contributed by atoms with Crippen molar-refractivity contribution < 1.29 is 44.1 Å². The molecule has 0 saturated heterocycles. The van der Waals surface area contributed by atoms with E-state index in [2.05, 4.69) is 16.0 Å². The van der Waals surface area contributed by atoms with Gasteiger partial charge in [0.25, 0.3) is 0 Å². The van der Waals surface area contributed by atoms with Gasteiger partial charge in [0.1, 0.15) is 23.9 Å². The Morgan fingerprint density at radius 2 is 1.36 bits per heavy atom. The Morgan fingerprint density at radius 3 is 1.90 bits per heavy atom. The molecule has 0 radical (unpaired) electrons. The lowest BCUT2D eigenvalue weighted by molar-refractivity contribution is -0.143. The molecule has 0 saturated carbocycles. The number of phenolic OH excluding ortho intramolecular Hbond substituents is 1. The van der Waals surface area contributed by atoms with Crippen molar-refractivity contribution in [1.29, 1.82) is 0 Å². The molecule has 0 aliphatic rings. The van der Waals surface area contributed by atoms with E-state index in [1.165, 1.54) is 24.3 Å². The number of aliphatic carboxylic acids is 2. The fourth-order valence-electron chi connectivity index (χ4n) is 3.47. The third kappa shape index (κ3) is 12.7. The largest absolute Gasteiger partial charge is 0.508 e. The molecule has 15 heteroatoms. The minimum absolute atomic E-state index is 0.0478. The number of benzene rings is 1. The fraction of sp³-hybridized carbons (Fsp3) is 0.500. The van der Waals surface area contributed by atoms with Crippen molar-refractivity contribution >= 4 is 35.6 Å². The first-order valence-electron chi connectivity index (χ1n) is 12.2. The summed E-state index contributed by atoms with van der Waals surface area (Å²) in [6, 6.07) is -0.0457. The van der Waals surface area contributed by atoms with E-state index in [4.69, 9.17) is 17.2 Å². The van der Waals surface area contributed by atoms with Gasteiger partial charge in [-0.2, -0.15) is 0 Å². The van der Waals surface area contributed by atoms with Gasteiger partial charge in [-0.1, -0.05) is 18.6 Å². The van der Waals surface area contributed by atoms with Gasteiger partial charge in [0.15, 0.2) is 0 Å². The number of aromatic hydroxyl groups is 1. The van der Waals surface area contributed by atoms with Gasteiger partial charge in [-0.15, -0.1) is 0 Å². The van der Waals surface area contributed by atoms with Crippen LogP contribution in [0.3, 0.4) is 0 Å². The summed E-state index contributed by atoms with van der Waals surface area (Å²) in [6.45, 7) is 0.405. The number of rotatable bonds is 18. The van der Waals surface area contributed by atoms with Gasteiger partial charge in [0.2, 0.25) is 23.6 Å². The van der Waals surface area contributed by atoms with E-state index in [9.17, 15) is 44.1 Å². The molecule has 1 aromatic carbocycles. The number of nitrogens with two attached hydrogens (primary N) is 3. The number of unbranched alkanes of at least 4 members (excludes halogenated alkanes) is 1. The third-order valence-electron chi connectivity index (χ3n) is 5.62. The van der Waals surface area contributed by atoms with Crippen molar-refractivity contribution in [2.45, 2.75) is 69.1 Å². The van der Waals surface area contributed by atoms with Gasteiger partial charge in [0, 0.05) is 12.8 Å². The van der Waals surface area contributed by atoms with Crippen molar-refractivity contribution in [1.82, 2.24) is 16.0 Å². The number of primary amides is 1. The second-order valence-electron chi connectivity index (χ2n) is 8.89. The highest BCUT2D eigenvalue weighted by molar-refractivity contribution is 5.95. The predicted molar refractivity (Wildman–Crippen MR) is 137 cm³/mol. The molecule has 1 rings (SSSR count). The second kappa shape index (κ2) is 16.6. The molecule has 4 unspecified atom stereocenters. The minimum atomic E-state index is -1.72. The lowest BCUT2D eigenvalue weighted by Crippen LogP contribution is -2.57. The summed E-state index contributed by atoms with van der Waals surface area (Å²) in [5.41, 5.74) is 16.9. The Hall–Kier alpha value is -4.24. The fourth-order valence-corrected chi connectivity index (χ4v) is 3.47. The van der Waals surface area contributed by atoms with Crippen LogP contribution in [0, 0.1) is 0 Å². The smallest absolute Gasteiger partial charge is 0.326 e. The summed E-state index contributed by atoms with van der Waals surface area (Å²) < 4.78 is 0. The summed E-state index contributed by atoms with van der Waals surface area (Å²) in [4.78, 5) is 72.7. The zero-order valence-corrected chi connectivity index (χ0v) is 21.3. The molecule has 4 atom stereocenters. The number of nitrogens with one attached hydrogen (secondary N) is 3. The monoisotopic (exact) mass is 552 g/mol. The second-order valence-corrected chi connectivity index (χ2v) is 8.89. The van der Waals surface area contributed by atoms with Crippen LogP contribution >= 0.6 is 0 Å². The molecule has 4 amide bonds. The van der Waals surface area contributed by atoms with Gasteiger partial charge >= 0.3 is 11.9 Å². The van der Waals surface area contributed by atoms with E-state index in [1.54, 1.807) is 0 Å². The number of carboxylic acid groups (broad SMARTS) is 2.